The van der Waals surface area contributed by atoms with E-state index < -0.39 is 0 Å². The van der Waals surface area contributed by atoms with Crippen LogP contribution in [-0.4, -0.2) is 29.7 Å². The highest BCUT2D eigenvalue weighted by molar-refractivity contribution is 5.68. The molecule has 0 spiro atoms. The predicted molar refractivity (Wildman–Crippen MR) is 74.9 cm³/mol. The lowest BCUT2D eigenvalue weighted by molar-refractivity contribution is -0.0420. The molecule has 1 saturated heterocycles. The third kappa shape index (κ3) is 2.61. The van der Waals surface area contributed by atoms with E-state index in [2.05, 4.69) is 13.8 Å². The number of rotatable bonds is 2. The van der Waals surface area contributed by atoms with Crippen LogP contribution in [0.2, 0.25) is 0 Å². The number of fused-ring (bicyclic) bond motifs is 2. The molecule has 3 aliphatic rings. The molecule has 3 rings (SSSR count). The molecule has 2 saturated carbocycles. The van der Waals surface area contributed by atoms with E-state index in [4.69, 9.17) is 4.74 Å². The van der Waals surface area contributed by atoms with E-state index in [1.807, 2.05) is 4.90 Å². The molecule has 3 heteroatoms. The van der Waals surface area contributed by atoms with Crippen LogP contribution in [0, 0.1) is 17.8 Å². The minimum Gasteiger partial charge on any atom is -0.443 e. The summed E-state index contributed by atoms with van der Waals surface area (Å²) < 4.78 is 5.90. The second-order valence-corrected chi connectivity index (χ2v) is 7.30. The molecular formula is C16H27NO2. The van der Waals surface area contributed by atoms with E-state index in [0.717, 1.165) is 37.8 Å². The molecule has 3 fully saturated rings. The molecule has 2 bridgehead atoms. The molecule has 1 heterocycles. The Labute approximate surface area is 116 Å². The lowest BCUT2D eigenvalue weighted by Crippen LogP contribution is -2.45. The fourth-order valence-electron chi connectivity index (χ4n) is 4.54. The monoisotopic (exact) mass is 265 g/mol. The van der Waals surface area contributed by atoms with Crippen molar-refractivity contribution in [2.45, 2.75) is 64.4 Å². The maximum absolute atomic E-state index is 12.3. The van der Waals surface area contributed by atoms with Gasteiger partial charge in [-0.25, -0.2) is 4.79 Å². The number of likely N-dealkylation sites (tertiary alicyclic amines) is 1. The van der Waals surface area contributed by atoms with Gasteiger partial charge in [-0.3, -0.25) is 0 Å². The molecule has 0 aromatic carbocycles. The SMILES string of the molecule is CC(C)(OC(=O)N1CCCCC1)C1CC2CCC1C2. The zero-order valence-electron chi connectivity index (χ0n) is 12.4. The average Bonchev–Trinajstić information content (AvgIpc) is 3.02. The summed E-state index contributed by atoms with van der Waals surface area (Å²) in [6.07, 6.45) is 8.82. The van der Waals surface area contributed by atoms with Gasteiger partial charge in [-0.15, -0.1) is 0 Å². The van der Waals surface area contributed by atoms with Crippen LogP contribution in [0.1, 0.15) is 58.8 Å². The standard InChI is InChI=1S/C16H27NO2/c1-16(2,14-11-12-6-7-13(14)10-12)19-15(18)17-8-4-3-5-9-17/h12-14H,3-11H2,1-2H3. The molecule has 3 nitrogen and oxygen atoms in total. The van der Waals surface area contributed by atoms with Crippen molar-refractivity contribution in [1.29, 1.82) is 0 Å². The number of amides is 1. The van der Waals surface area contributed by atoms with E-state index in [0.29, 0.717) is 5.92 Å². The Morgan fingerprint density at radius 2 is 1.84 bits per heavy atom. The maximum atomic E-state index is 12.3. The zero-order valence-corrected chi connectivity index (χ0v) is 12.4. The van der Waals surface area contributed by atoms with Gasteiger partial charge in [-0.05, 0) is 64.2 Å². The van der Waals surface area contributed by atoms with Gasteiger partial charge in [-0.1, -0.05) is 6.42 Å². The number of carbonyl (C=O) groups is 1. The second kappa shape index (κ2) is 4.99. The van der Waals surface area contributed by atoms with Crippen LogP contribution in [0.5, 0.6) is 0 Å². The van der Waals surface area contributed by atoms with E-state index >= 15 is 0 Å². The molecule has 0 aromatic heterocycles. The first-order valence-electron chi connectivity index (χ1n) is 8.04. The molecule has 3 unspecified atom stereocenters. The predicted octanol–water partition coefficient (Wildman–Crippen LogP) is 3.82. The minimum atomic E-state index is -0.283. The van der Waals surface area contributed by atoms with Crippen molar-refractivity contribution in [3.05, 3.63) is 0 Å². The van der Waals surface area contributed by atoms with Gasteiger partial charge in [0.15, 0.2) is 0 Å². The fourth-order valence-corrected chi connectivity index (χ4v) is 4.54. The Kier molecular flexibility index (Phi) is 3.48. The van der Waals surface area contributed by atoms with Gasteiger partial charge in [0.2, 0.25) is 0 Å². The summed E-state index contributed by atoms with van der Waals surface area (Å²) in [5.74, 6) is 2.29. The van der Waals surface area contributed by atoms with E-state index in [1.54, 1.807) is 0 Å². The Morgan fingerprint density at radius 3 is 2.42 bits per heavy atom. The number of hydrogen-bond donors (Lipinski definition) is 0. The van der Waals surface area contributed by atoms with E-state index in [9.17, 15) is 4.79 Å². The third-order valence-electron chi connectivity index (χ3n) is 5.60. The third-order valence-corrected chi connectivity index (χ3v) is 5.60. The highest BCUT2D eigenvalue weighted by atomic mass is 16.6. The highest BCUT2D eigenvalue weighted by Crippen LogP contribution is 2.52. The number of hydrogen-bond acceptors (Lipinski definition) is 2. The fraction of sp³-hybridized carbons (Fsp3) is 0.938. The molecular weight excluding hydrogens is 238 g/mol. The van der Waals surface area contributed by atoms with Gasteiger partial charge in [0.05, 0.1) is 0 Å². The summed E-state index contributed by atoms with van der Waals surface area (Å²) >= 11 is 0. The van der Waals surface area contributed by atoms with Crippen molar-refractivity contribution >= 4 is 6.09 Å². The average molecular weight is 265 g/mol. The number of nitrogens with zero attached hydrogens (tertiary/aromatic N) is 1. The lowest BCUT2D eigenvalue weighted by Gasteiger charge is -2.38. The van der Waals surface area contributed by atoms with E-state index in [1.165, 1.54) is 32.1 Å². The van der Waals surface area contributed by atoms with Crippen LogP contribution < -0.4 is 0 Å². The summed E-state index contributed by atoms with van der Waals surface area (Å²) in [7, 11) is 0. The number of piperidine rings is 1. The second-order valence-electron chi connectivity index (χ2n) is 7.30. The van der Waals surface area contributed by atoms with Crippen LogP contribution in [0.3, 0.4) is 0 Å². The smallest absolute Gasteiger partial charge is 0.410 e. The van der Waals surface area contributed by atoms with Gasteiger partial charge >= 0.3 is 6.09 Å². The summed E-state index contributed by atoms with van der Waals surface area (Å²) in [6, 6.07) is 0. The van der Waals surface area contributed by atoms with Crippen molar-refractivity contribution in [2.24, 2.45) is 17.8 Å². The van der Waals surface area contributed by atoms with Crippen LogP contribution >= 0.6 is 0 Å². The first-order valence-corrected chi connectivity index (χ1v) is 8.04. The molecule has 1 amide bonds. The molecule has 2 aliphatic carbocycles. The van der Waals surface area contributed by atoms with Gasteiger partial charge in [0.25, 0.3) is 0 Å². The van der Waals surface area contributed by atoms with Crippen LogP contribution in [0.4, 0.5) is 4.79 Å². The molecule has 3 atom stereocenters. The quantitative estimate of drug-likeness (QED) is 0.759. The van der Waals surface area contributed by atoms with Crippen molar-refractivity contribution in [2.75, 3.05) is 13.1 Å². The number of carbonyl (C=O) groups excluding carboxylic acids is 1. The van der Waals surface area contributed by atoms with Gasteiger partial charge in [0.1, 0.15) is 5.60 Å². The van der Waals surface area contributed by atoms with E-state index in [-0.39, 0.29) is 11.7 Å². The topological polar surface area (TPSA) is 29.5 Å². The first kappa shape index (κ1) is 13.3. The normalized spacial score (nSPS) is 34.6. The maximum Gasteiger partial charge on any atom is 0.410 e. The van der Waals surface area contributed by atoms with Crippen molar-refractivity contribution in [3.63, 3.8) is 0 Å². The summed E-state index contributed by atoms with van der Waals surface area (Å²) in [4.78, 5) is 14.2. The van der Waals surface area contributed by atoms with Crippen LogP contribution in [0.15, 0.2) is 0 Å². The van der Waals surface area contributed by atoms with Crippen molar-refractivity contribution in [1.82, 2.24) is 4.90 Å². The lowest BCUT2D eigenvalue weighted by atomic mass is 9.78. The molecule has 19 heavy (non-hydrogen) atoms. The summed E-state index contributed by atoms with van der Waals surface area (Å²) in [5.41, 5.74) is -0.283. The molecule has 0 radical (unpaired) electrons. The van der Waals surface area contributed by atoms with Crippen molar-refractivity contribution < 1.29 is 9.53 Å². The van der Waals surface area contributed by atoms with Gasteiger partial charge < -0.3 is 9.64 Å². The molecule has 108 valence electrons. The largest absolute Gasteiger partial charge is 0.443 e. The van der Waals surface area contributed by atoms with Gasteiger partial charge in [0, 0.05) is 19.0 Å². The first-order chi connectivity index (χ1) is 9.06. The Morgan fingerprint density at radius 1 is 1.11 bits per heavy atom. The Balaban J connectivity index is 1.59. The Bertz CT molecular complexity index is 347. The summed E-state index contributed by atoms with van der Waals surface area (Å²) in [6.45, 7) is 6.01. The summed E-state index contributed by atoms with van der Waals surface area (Å²) in [5, 5.41) is 0. The Hall–Kier alpha value is -0.730. The van der Waals surface area contributed by atoms with Gasteiger partial charge in [-0.2, -0.15) is 0 Å². The minimum absolute atomic E-state index is 0.0764. The van der Waals surface area contributed by atoms with Crippen molar-refractivity contribution in [3.8, 4) is 0 Å². The van der Waals surface area contributed by atoms with Crippen LogP contribution in [-0.2, 0) is 4.74 Å². The molecule has 1 aliphatic heterocycles. The number of ether oxygens (including phenoxy) is 1. The highest BCUT2D eigenvalue weighted by Gasteiger charge is 2.48. The zero-order chi connectivity index (χ0) is 13.5. The van der Waals surface area contributed by atoms with Crippen LogP contribution in [0.25, 0.3) is 0 Å². The molecule has 0 N–H and O–H groups in total. The molecule has 0 aromatic rings.